The zero-order chi connectivity index (χ0) is 30.2. The Morgan fingerprint density at radius 2 is 1.81 bits per heavy atom. The second-order valence-electron chi connectivity index (χ2n) is 9.97. The van der Waals surface area contributed by atoms with E-state index in [0.717, 1.165) is 6.07 Å². The third-order valence-electron chi connectivity index (χ3n) is 7.31. The number of halogens is 4. The van der Waals surface area contributed by atoms with Crippen molar-refractivity contribution < 1.29 is 36.2 Å². The average molecular weight is 622 g/mol. The Morgan fingerprint density at radius 3 is 2.52 bits per heavy atom. The van der Waals surface area contributed by atoms with Gasteiger partial charge in [-0.2, -0.15) is 13.2 Å². The molecule has 0 aromatic heterocycles. The first-order valence-electron chi connectivity index (χ1n) is 12.9. The number of aliphatic carboxylic acids is 1. The number of hydrogen-bond acceptors (Lipinski definition) is 6. The van der Waals surface area contributed by atoms with Crippen LogP contribution < -0.4 is 13.9 Å². The van der Waals surface area contributed by atoms with Gasteiger partial charge in [0.15, 0.2) is 0 Å². The van der Waals surface area contributed by atoms with Crippen LogP contribution in [0.2, 0.25) is 5.02 Å². The number of carbonyl (C=O) groups is 1. The SMILES string of the molecule is COc1cccc(S(=O)(=O)N2C[C@@H]3CN(CC(=O)O)CCN3c3ccc(/C=C/c4c(Cl)cccc4C(F)(F)F)cc32)c1. The van der Waals surface area contributed by atoms with Gasteiger partial charge < -0.3 is 14.7 Å². The number of sulfonamides is 1. The lowest BCUT2D eigenvalue weighted by molar-refractivity contribution is -0.139. The molecule has 1 fully saturated rings. The topological polar surface area (TPSA) is 90.4 Å². The van der Waals surface area contributed by atoms with E-state index in [0.29, 0.717) is 42.3 Å². The highest BCUT2D eigenvalue weighted by atomic mass is 35.5. The number of benzene rings is 3. The summed E-state index contributed by atoms with van der Waals surface area (Å²) in [6, 6.07) is 14.3. The molecular formula is C29H27ClF3N3O5S. The van der Waals surface area contributed by atoms with Crippen LogP contribution in [0.4, 0.5) is 24.5 Å². The van der Waals surface area contributed by atoms with E-state index < -0.39 is 27.7 Å². The lowest BCUT2D eigenvalue weighted by atomic mass is 10.0. The van der Waals surface area contributed by atoms with Gasteiger partial charge in [0.25, 0.3) is 10.0 Å². The summed E-state index contributed by atoms with van der Waals surface area (Å²) in [6.07, 6.45) is -1.88. The van der Waals surface area contributed by atoms with Crippen LogP contribution in [0, 0.1) is 0 Å². The maximum absolute atomic E-state index is 14.0. The number of hydrogen-bond donors (Lipinski definition) is 1. The second-order valence-corrected chi connectivity index (χ2v) is 12.2. The van der Waals surface area contributed by atoms with Crippen LogP contribution in [-0.2, 0) is 21.0 Å². The molecule has 0 radical (unpaired) electrons. The number of anilines is 2. The van der Waals surface area contributed by atoms with Crippen molar-refractivity contribution in [1.82, 2.24) is 4.90 Å². The van der Waals surface area contributed by atoms with Gasteiger partial charge in [0, 0.05) is 36.3 Å². The van der Waals surface area contributed by atoms with Crippen molar-refractivity contribution in [3.05, 3.63) is 82.4 Å². The average Bonchev–Trinajstić information content (AvgIpc) is 2.94. The molecule has 0 spiro atoms. The number of piperazine rings is 1. The molecule has 1 atom stereocenters. The Morgan fingerprint density at radius 1 is 1.05 bits per heavy atom. The summed E-state index contributed by atoms with van der Waals surface area (Å²) in [7, 11) is -2.69. The van der Waals surface area contributed by atoms with Gasteiger partial charge in [0.1, 0.15) is 5.75 Å². The first-order valence-corrected chi connectivity index (χ1v) is 14.8. The van der Waals surface area contributed by atoms with E-state index in [1.54, 1.807) is 35.2 Å². The summed E-state index contributed by atoms with van der Waals surface area (Å²) < 4.78 is 75.4. The van der Waals surface area contributed by atoms with Crippen LogP contribution in [0.25, 0.3) is 12.2 Å². The van der Waals surface area contributed by atoms with E-state index in [1.807, 2.05) is 0 Å². The summed E-state index contributed by atoms with van der Waals surface area (Å²) in [4.78, 5) is 15.2. The molecule has 3 aromatic carbocycles. The molecule has 0 unspecified atom stereocenters. The standard InChI is InChI=1S/C29H27ClF3N3O5S/c1-41-21-4-2-5-22(15-21)42(39,40)36-17-20-16-34(18-28(37)38)12-13-35(20)26-11-9-19(14-27(26)36)8-10-23-24(29(31,32)33)6-3-7-25(23)30/h2-11,14-15,20H,12-13,16-18H2,1H3,(H,37,38)/b10-8+/t20-/m0/s1. The van der Waals surface area contributed by atoms with Gasteiger partial charge >= 0.3 is 12.1 Å². The predicted molar refractivity (Wildman–Crippen MR) is 155 cm³/mol. The highest BCUT2D eigenvalue weighted by molar-refractivity contribution is 7.92. The summed E-state index contributed by atoms with van der Waals surface area (Å²) in [5.74, 6) is -0.610. The van der Waals surface area contributed by atoms with Gasteiger partial charge in [-0.05, 0) is 42.0 Å². The summed E-state index contributed by atoms with van der Waals surface area (Å²) in [5.41, 5.74) is 0.376. The quantitative estimate of drug-likeness (QED) is 0.357. The van der Waals surface area contributed by atoms with Gasteiger partial charge in [-0.3, -0.25) is 14.0 Å². The minimum Gasteiger partial charge on any atom is -0.497 e. The van der Waals surface area contributed by atoms with Gasteiger partial charge in [-0.15, -0.1) is 0 Å². The number of nitrogens with zero attached hydrogens (tertiary/aromatic N) is 3. The van der Waals surface area contributed by atoms with E-state index in [9.17, 15) is 31.5 Å². The number of carboxylic acid groups (broad SMARTS) is 1. The molecule has 8 nitrogen and oxygen atoms in total. The highest BCUT2D eigenvalue weighted by Gasteiger charge is 2.40. The Bertz CT molecular complexity index is 1650. The normalized spacial score (nSPS) is 17.7. The summed E-state index contributed by atoms with van der Waals surface area (Å²) in [5, 5.41) is 9.22. The van der Waals surface area contributed by atoms with Crippen LogP contribution in [-0.4, -0.2) is 70.3 Å². The fourth-order valence-electron chi connectivity index (χ4n) is 5.35. The monoisotopic (exact) mass is 621 g/mol. The largest absolute Gasteiger partial charge is 0.497 e. The fourth-order valence-corrected chi connectivity index (χ4v) is 7.14. The van der Waals surface area contributed by atoms with E-state index >= 15 is 0 Å². The minimum atomic E-state index is -4.61. The van der Waals surface area contributed by atoms with E-state index in [2.05, 4.69) is 4.90 Å². The van der Waals surface area contributed by atoms with Crippen LogP contribution in [0.15, 0.2) is 65.6 Å². The molecule has 0 bridgehead atoms. The molecule has 0 aliphatic carbocycles. The summed E-state index contributed by atoms with van der Waals surface area (Å²) >= 11 is 6.12. The van der Waals surface area contributed by atoms with Crippen molar-refractivity contribution >= 4 is 51.1 Å². The molecular weight excluding hydrogens is 595 g/mol. The molecule has 42 heavy (non-hydrogen) atoms. The summed E-state index contributed by atoms with van der Waals surface area (Å²) in [6.45, 7) is 1.16. The van der Waals surface area contributed by atoms with Gasteiger partial charge in [-0.25, -0.2) is 8.42 Å². The van der Waals surface area contributed by atoms with Gasteiger partial charge in [-0.1, -0.05) is 42.0 Å². The molecule has 5 rings (SSSR count). The molecule has 0 saturated carbocycles. The van der Waals surface area contributed by atoms with Gasteiger partial charge in [0.2, 0.25) is 0 Å². The number of ether oxygens (including phenoxy) is 1. The van der Waals surface area contributed by atoms with Crippen LogP contribution in [0.1, 0.15) is 16.7 Å². The lowest BCUT2D eigenvalue weighted by Crippen LogP contribution is -2.61. The number of fused-ring (bicyclic) bond motifs is 3. The van der Waals surface area contributed by atoms with Crippen molar-refractivity contribution in [2.75, 3.05) is 49.0 Å². The zero-order valence-electron chi connectivity index (χ0n) is 22.4. The molecule has 1 N–H and O–H groups in total. The Hall–Kier alpha value is -3.74. The third-order valence-corrected chi connectivity index (χ3v) is 9.42. The maximum atomic E-state index is 14.0. The zero-order valence-corrected chi connectivity index (χ0v) is 24.0. The van der Waals surface area contributed by atoms with Crippen molar-refractivity contribution in [1.29, 1.82) is 0 Å². The van der Waals surface area contributed by atoms with E-state index in [-0.39, 0.29) is 34.6 Å². The molecule has 0 amide bonds. The molecule has 2 aliphatic heterocycles. The molecule has 2 heterocycles. The van der Waals surface area contributed by atoms with E-state index in [4.69, 9.17) is 16.3 Å². The van der Waals surface area contributed by atoms with Crippen LogP contribution in [0.5, 0.6) is 5.75 Å². The Kier molecular flexibility index (Phi) is 8.15. The number of rotatable bonds is 7. The minimum absolute atomic E-state index is 0.00582. The highest BCUT2D eigenvalue weighted by Crippen LogP contribution is 2.41. The predicted octanol–water partition coefficient (Wildman–Crippen LogP) is 5.32. The molecule has 1 saturated heterocycles. The first kappa shape index (κ1) is 29.7. The van der Waals surface area contributed by atoms with E-state index in [1.165, 1.54) is 47.8 Å². The fraction of sp³-hybridized carbons (Fsp3) is 0.276. The lowest BCUT2D eigenvalue weighted by Gasteiger charge is -2.48. The number of alkyl halides is 3. The Balaban J connectivity index is 1.58. The molecule has 2 aliphatic rings. The number of methoxy groups -OCH3 is 1. The second kappa shape index (κ2) is 11.5. The molecule has 222 valence electrons. The van der Waals surface area contributed by atoms with Crippen molar-refractivity contribution in [3.63, 3.8) is 0 Å². The smallest absolute Gasteiger partial charge is 0.417 e. The first-order chi connectivity index (χ1) is 19.9. The van der Waals surface area contributed by atoms with Crippen LogP contribution in [0.3, 0.4) is 0 Å². The third kappa shape index (κ3) is 5.92. The van der Waals surface area contributed by atoms with Crippen LogP contribution >= 0.6 is 11.6 Å². The number of carboxylic acids is 1. The van der Waals surface area contributed by atoms with Crippen molar-refractivity contribution in [2.45, 2.75) is 17.1 Å². The maximum Gasteiger partial charge on any atom is 0.417 e. The van der Waals surface area contributed by atoms with Crippen molar-refractivity contribution in [3.8, 4) is 5.75 Å². The Labute approximate surface area is 246 Å². The molecule has 3 aromatic rings. The van der Waals surface area contributed by atoms with Crippen molar-refractivity contribution in [2.24, 2.45) is 0 Å². The van der Waals surface area contributed by atoms with Gasteiger partial charge in [0.05, 0.1) is 48.1 Å². The molecule has 13 heteroatoms.